The number of hydrogen-bond donors (Lipinski definition) is 4. The van der Waals surface area contributed by atoms with Crippen LogP contribution in [0.15, 0.2) is 29.5 Å². The van der Waals surface area contributed by atoms with Crippen LogP contribution in [0.1, 0.15) is 42.6 Å². The zero-order valence-corrected chi connectivity index (χ0v) is 12.8. The molecule has 0 unspecified atom stereocenters. The Hall–Kier alpha value is -1.58. The van der Waals surface area contributed by atoms with Crippen molar-refractivity contribution in [3.8, 4) is 5.75 Å². The van der Waals surface area contributed by atoms with Gasteiger partial charge in [-0.2, -0.15) is 0 Å². The standard InChI is InChI=1S/C17H24O4/c1-11(7-15(19)10-18)5-4-6-16(20)14-8-12(2)17(21)13(3)9-14/h4,8-9,15-16,18-21H,6-7,10H2,1-3H3/t5?,15-,16-/m1/s1. The first-order chi connectivity index (χ1) is 9.85. The fraction of sp³-hybridized carbons (Fsp3) is 0.471. The van der Waals surface area contributed by atoms with E-state index in [4.69, 9.17) is 5.11 Å². The molecule has 0 fully saturated rings. The summed E-state index contributed by atoms with van der Waals surface area (Å²) in [6, 6.07) is 3.54. The van der Waals surface area contributed by atoms with Crippen LogP contribution < -0.4 is 0 Å². The first-order valence-electron chi connectivity index (χ1n) is 7.02. The average Bonchev–Trinajstić information content (AvgIpc) is 2.43. The second kappa shape index (κ2) is 8.01. The normalized spacial score (nSPS) is 13.4. The lowest BCUT2D eigenvalue weighted by molar-refractivity contribution is 0.0955. The van der Waals surface area contributed by atoms with Gasteiger partial charge in [0.15, 0.2) is 0 Å². The van der Waals surface area contributed by atoms with Crippen molar-refractivity contribution in [2.75, 3.05) is 6.61 Å². The number of benzene rings is 1. The lowest BCUT2D eigenvalue weighted by Gasteiger charge is -2.12. The van der Waals surface area contributed by atoms with Crippen LogP contribution in [0, 0.1) is 13.8 Å². The van der Waals surface area contributed by atoms with Crippen LogP contribution in [0.3, 0.4) is 0 Å². The Balaban J connectivity index is 2.74. The van der Waals surface area contributed by atoms with E-state index in [9.17, 15) is 15.3 Å². The van der Waals surface area contributed by atoms with Crippen LogP contribution >= 0.6 is 0 Å². The summed E-state index contributed by atoms with van der Waals surface area (Å²) in [7, 11) is 0. The molecule has 0 spiro atoms. The molecule has 4 nitrogen and oxygen atoms in total. The highest BCUT2D eigenvalue weighted by atomic mass is 16.3. The molecule has 0 saturated carbocycles. The number of phenolic OH excluding ortho intramolecular Hbond substituents is 1. The maximum absolute atomic E-state index is 10.1. The van der Waals surface area contributed by atoms with Crippen molar-refractivity contribution in [3.05, 3.63) is 46.2 Å². The number of rotatable bonds is 6. The fourth-order valence-corrected chi connectivity index (χ4v) is 2.14. The van der Waals surface area contributed by atoms with Crippen LogP contribution in [0.2, 0.25) is 0 Å². The molecule has 0 saturated heterocycles. The minimum atomic E-state index is -0.766. The van der Waals surface area contributed by atoms with E-state index < -0.39 is 12.2 Å². The van der Waals surface area contributed by atoms with Gasteiger partial charge in [-0.25, -0.2) is 0 Å². The van der Waals surface area contributed by atoms with Gasteiger partial charge in [0.25, 0.3) is 0 Å². The van der Waals surface area contributed by atoms with Crippen LogP contribution in [0.25, 0.3) is 0 Å². The van der Waals surface area contributed by atoms with Gasteiger partial charge in [-0.05, 0) is 61.2 Å². The number of aryl methyl sites for hydroxylation is 2. The first-order valence-corrected chi connectivity index (χ1v) is 7.02. The Labute approximate surface area is 125 Å². The van der Waals surface area contributed by atoms with Gasteiger partial charge in [0, 0.05) is 12.8 Å². The zero-order chi connectivity index (χ0) is 16.0. The highest BCUT2D eigenvalue weighted by Crippen LogP contribution is 2.27. The number of aromatic hydroxyl groups is 1. The smallest absolute Gasteiger partial charge is 0.121 e. The third kappa shape index (κ3) is 5.37. The third-order valence-corrected chi connectivity index (χ3v) is 3.34. The van der Waals surface area contributed by atoms with Crippen molar-refractivity contribution in [2.24, 2.45) is 0 Å². The summed E-state index contributed by atoms with van der Waals surface area (Å²) >= 11 is 0. The molecule has 1 aromatic carbocycles. The van der Waals surface area contributed by atoms with Crippen molar-refractivity contribution < 1.29 is 20.4 Å². The molecule has 1 rings (SSSR count). The van der Waals surface area contributed by atoms with E-state index in [1.807, 2.05) is 6.92 Å². The van der Waals surface area contributed by atoms with E-state index in [2.05, 4.69) is 5.73 Å². The molecule has 2 atom stereocenters. The highest BCUT2D eigenvalue weighted by Gasteiger charge is 2.10. The fourth-order valence-electron chi connectivity index (χ4n) is 2.14. The van der Waals surface area contributed by atoms with Gasteiger partial charge in [-0.3, -0.25) is 0 Å². The number of aliphatic hydroxyl groups is 3. The molecule has 4 heteroatoms. The monoisotopic (exact) mass is 292 g/mol. The summed E-state index contributed by atoms with van der Waals surface area (Å²) in [5.41, 5.74) is 6.06. The molecule has 21 heavy (non-hydrogen) atoms. The molecule has 0 bridgehead atoms. The number of phenols is 1. The lowest BCUT2D eigenvalue weighted by atomic mass is 10.00. The highest BCUT2D eigenvalue weighted by molar-refractivity contribution is 5.42. The predicted molar refractivity (Wildman–Crippen MR) is 82.1 cm³/mol. The van der Waals surface area contributed by atoms with Gasteiger partial charge in [0.05, 0.1) is 18.8 Å². The zero-order valence-electron chi connectivity index (χ0n) is 12.8. The summed E-state index contributed by atoms with van der Waals surface area (Å²) in [5, 5.41) is 37.9. The number of hydrogen-bond acceptors (Lipinski definition) is 4. The predicted octanol–water partition coefficient (Wildman–Crippen LogP) is 2.28. The van der Waals surface area contributed by atoms with Gasteiger partial charge in [-0.1, -0.05) is 0 Å². The van der Waals surface area contributed by atoms with Gasteiger partial charge in [0.1, 0.15) is 5.75 Å². The van der Waals surface area contributed by atoms with Gasteiger partial charge < -0.3 is 20.4 Å². The Morgan fingerprint density at radius 2 is 1.81 bits per heavy atom. The van der Waals surface area contributed by atoms with Crippen molar-refractivity contribution >= 4 is 0 Å². The summed E-state index contributed by atoms with van der Waals surface area (Å²) < 4.78 is 0. The van der Waals surface area contributed by atoms with Crippen molar-refractivity contribution in [3.63, 3.8) is 0 Å². The first kappa shape index (κ1) is 17.5. The molecule has 0 aliphatic rings. The van der Waals surface area contributed by atoms with Crippen LogP contribution in [-0.2, 0) is 0 Å². The van der Waals surface area contributed by atoms with Crippen LogP contribution in [-0.4, -0.2) is 33.1 Å². The van der Waals surface area contributed by atoms with Crippen LogP contribution in [0.4, 0.5) is 0 Å². The molecule has 0 aliphatic heterocycles. The summed E-state index contributed by atoms with van der Waals surface area (Å²) in [5.74, 6) is 0.259. The molecule has 0 aromatic heterocycles. The molecular weight excluding hydrogens is 268 g/mol. The van der Waals surface area contributed by atoms with E-state index in [-0.39, 0.29) is 12.4 Å². The SMILES string of the molecule is CC(=C=CC[C@@H](O)c1cc(C)c(O)c(C)c1)C[C@@H](O)CO. The van der Waals surface area contributed by atoms with E-state index >= 15 is 0 Å². The summed E-state index contributed by atoms with van der Waals surface area (Å²) in [6.45, 7) is 5.15. The van der Waals surface area contributed by atoms with E-state index in [1.165, 1.54) is 0 Å². The minimum absolute atomic E-state index is 0.259. The third-order valence-electron chi connectivity index (χ3n) is 3.34. The molecule has 0 amide bonds. The van der Waals surface area contributed by atoms with Crippen molar-refractivity contribution in [1.82, 2.24) is 0 Å². The molecule has 0 aliphatic carbocycles. The minimum Gasteiger partial charge on any atom is -0.507 e. The topological polar surface area (TPSA) is 80.9 Å². The molecule has 4 N–H and O–H groups in total. The van der Waals surface area contributed by atoms with Gasteiger partial charge in [-0.15, -0.1) is 5.73 Å². The van der Waals surface area contributed by atoms with E-state index in [0.29, 0.717) is 12.8 Å². The average molecular weight is 292 g/mol. The largest absolute Gasteiger partial charge is 0.507 e. The molecule has 0 radical (unpaired) electrons. The molecule has 116 valence electrons. The van der Waals surface area contributed by atoms with Crippen molar-refractivity contribution in [2.45, 2.75) is 45.8 Å². The van der Waals surface area contributed by atoms with Crippen molar-refractivity contribution in [1.29, 1.82) is 0 Å². The van der Waals surface area contributed by atoms with Crippen LogP contribution in [0.5, 0.6) is 5.75 Å². The lowest BCUT2D eigenvalue weighted by Crippen LogP contribution is -2.11. The molecule has 0 heterocycles. The van der Waals surface area contributed by atoms with E-state index in [1.54, 1.807) is 32.1 Å². The molecule has 1 aromatic rings. The van der Waals surface area contributed by atoms with Gasteiger partial charge in [0.2, 0.25) is 0 Å². The second-order valence-electron chi connectivity index (χ2n) is 5.42. The maximum atomic E-state index is 10.1. The van der Waals surface area contributed by atoms with E-state index in [0.717, 1.165) is 22.3 Å². The quantitative estimate of drug-likeness (QED) is 0.606. The second-order valence-corrected chi connectivity index (χ2v) is 5.42. The Morgan fingerprint density at radius 1 is 1.24 bits per heavy atom. The summed E-state index contributed by atoms with van der Waals surface area (Å²) in [4.78, 5) is 0. The Kier molecular flexibility index (Phi) is 6.66. The maximum Gasteiger partial charge on any atom is 0.121 e. The van der Waals surface area contributed by atoms with Gasteiger partial charge >= 0.3 is 0 Å². The Morgan fingerprint density at radius 3 is 2.33 bits per heavy atom. The Bertz CT molecular complexity index is 519. The molecular formula is C17H24O4. The summed E-state index contributed by atoms with van der Waals surface area (Å²) in [6.07, 6.45) is 1.06. The number of aliphatic hydroxyl groups excluding tert-OH is 3.